The fraction of sp³-hybridized carbons (Fsp3) is 0.458. The molecule has 4 nitrogen and oxygen atoms in total. The number of fused-ring (bicyclic) bond motifs is 1. The first-order valence-corrected chi connectivity index (χ1v) is 10.0. The Labute approximate surface area is 180 Å². The maximum atomic E-state index is 13.5. The molecule has 1 amide bonds. The number of anilines is 1. The Hall–Kier alpha value is -2.04. The summed E-state index contributed by atoms with van der Waals surface area (Å²) in [6.45, 7) is 14.0. The van der Waals surface area contributed by atoms with Crippen molar-refractivity contribution >= 4 is 24.0 Å². The molecule has 2 aromatic rings. The second-order valence-electron chi connectivity index (χ2n) is 9.21. The lowest BCUT2D eigenvalue weighted by Crippen LogP contribution is -2.45. The molecule has 0 saturated carbocycles. The summed E-state index contributed by atoms with van der Waals surface area (Å²) in [6, 6.07) is 9.82. The van der Waals surface area contributed by atoms with Crippen molar-refractivity contribution < 1.29 is 9.90 Å². The van der Waals surface area contributed by atoms with Crippen molar-refractivity contribution in [2.45, 2.75) is 54.0 Å². The second kappa shape index (κ2) is 8.76. The van der Waals surface area contributed by atoms with E-state index >= 15 is 0 Å². The lowest BCUT2D eigenvalue weighted by Gasteiger charge is -2.39. The number of aryl methyl sites for hydroxylation is 1. The van der Waals surface area contributed by atoms with Crippen LogP contribution in [0.4, 0.5) is 5.69 Å². The van der Waals surface area contributed by atoms with Crippen LogP contribution >= 0.6 is 12.4 Å². The number of benzene rings is 2. The Morgan fingerprint density at radius 2 is 1.83 bits per heavy atom. The van der Waals surface area contributed by atoms with E-state index in [1.165, 1.54) is 5.56 Å². The van der Waals surface area contributed by atoms with Gasteiger partial charge < -0.3 is 10.4 Å². The van der Waals surface area contributed by atoms with Crippen LogP contribution in [0.3, 0.4) is 0 Å². The summed E-state index contributed by atoms with van der Waals surface area (Å²) in [5, 5.41) is 13.3. The molecule has 3 rings (SSSR count). The van der Waals surface area contributed by atoms with Gasteiger partial charge in [0.05, 0.1) is 0 Å². The Bertz CT molecular complexity index is 902. The van der Waals surface area contributed by atoms with Gasteiger partial charge in [-0.25, -0.2) is 0 Å². The summed E-state index contributed by atoms with van der Waals surface area (Å²) < 4.78 is 0. The van der Waals surface area contributed by atoms with Crippen molar-refractivity contribution in [2.24, 2.45) is 5.41 Å². The van der Waals surface area contributed by atoms with Gasteiger partial charge >= 0.3 is 0 Å². The average molecular weight is 417 g/mol. The zero-order chi connectivity index (χ0) is 20.6. The van der Waals surface area contributed by atoms with Gasteiger partial charge in [0.25, 0.3) is 0 Å². The molecular weight excluding hydrogens is 384 g/mol. The first-order valence-electron chi connectivity index (χ1n) is 10.0. The van der Waals surface area contributed by atoms with Crippen LogP contribution in [0.5, 0.6) is 5.75 Å². The minimum Gasteiger partial charge on any atom is -0.507 e. The molecule has 5 heteroatoms. The number of halogens is 1. The van der Waals surface area contributed by atoms with Crippen LogP contribution in [-0.2, 0) is 11.2 Å². The van der Waals surface area contributed by atoms with E-state index in [9.17, 15) is 9.90 Å². The highest BCUT2D eigenvalue weighted by molar-refractivity contribution is 5.97. The summed E-state index contributed by atoms with van der Waals surface area (Å²) in [4.78, 5) is 15.8. The van der Waals surface area contributed by atoms with E-state index in [1.807, 2.05) is 39.0 Å². The second-order valence-corrected chi connectivity index (χ2v) is 9.21. The molecule has 0 bridgehead atoms. The van der Waals surface area contributed by atoms with Gasteiger partial charge in [-0.15, -0.1) is 12.4 Å². The van der Waals surface area contributed by atoms with Crippen LogP contribution in [0.1, 0.15) is 54.6 Å². The molecule has 2 aromatic carbocycles. The van der Waals surface area contributed by atoms with Crippen molar-refractivity contribution in [1.82, 2.24) is 4.90 Å². The average Bonchev–Trinajstić information content (AvgIpc) is 2.62. The largest absolute Gasteiger partial charge is 0.507 e. The highest BCUT2D eigenvalue weighted by Crippen LogP contribution is 2.35. The van der Waals surface area contributed by atoms with Crippen LogP contribution in [0, 0.1) is 26.2 Å². The van der Waals surface area contributed by atoms with Gasteiger partial charge in [-0.2, -0.15) is 0 Å². The van der Waals surface area contributed by atoms with Crippen LogP contribution in [0.15, 0.2) is 30.3 Å². The number of nitrogens with one attached hydrogen (secondary N) is 1. The standard InChI is InChI=1S/C24H32N2O2.ClH/c1-15-13-20(16(2)17(3)22(15)27)25-23(28)21-19-10-8-7-9-18(19)11-12-26(21)14-24(4,5)6;/h7-10,13,21,27H,11-12,14H2,1-6H3,(H,25,28);1H. The lowest BCUT2D eigenvalue weighted by molar-refractivity contribution is -0.122. The third-order valence-corrected chi connectivity index (χ3v) is 5.62. The van der Waals surface area contributed by atoms with Crippen LogP contribution in [0.2, 0.25) is 0 Å². The fourth-order valence-electron chi connectivity index (χ4n) is 4.10. The van der Waals surface area contributed by atoms with E-state index in [0.29, 0.717) is 5.75 Å². The topological polar surface area (TPSA) is 52.6 Å². The van der Waals surface area contributed by atoms with Gasteiger partial charge in [-0.1, -0.05) is 45.0 Å². The summed E-state index contributed by atoms with van der Waals surface area (Å²) >= 11 is 0. The minimum absolute atomic E-state index is 0. The highest BCUT2D eigenvalue weighted by atomic mass is 35.5. The molecule has 0 radical (unpaired) electrons. The number of phenolic OH excluding ortho intramolecular Hbond substituents is 1. The molecule has 158 valence electrons. The van der Waals surface area contributed by atoms with E-state index in [-0.39, 0.29) is 29.8 Å². The molecule has 0 spiro atoms. The van der Waals surface area contributed by atoms with Crippen molar-refractivity contribution in [3.05, 3.63) is 58.1 Å². The number of carbonyl (C=O) groups excluding carboxylic acids is 1. The molecule has 0 aromatic heterocycles. The Balaban J connectivity index is 0.00000300. The van der Waals surface area contributed by atoms with Crippen molar-refractivity contribution in [2.75, 3.05) is 18.4 Å². The number of hydrogen-bond donors (Lipinski definition) is 2. The predicted molar refractivity (Wildman–Crippen MR) is 122 cm³/mol. The molecule has 29 heavy (non-hydrogen) atoms. The minimum atomic E-state index is -0.307. The van der Waals surface area contributed by atoms with Gasteiger partial charge in [-0.05, 0) is 66.5 Å². The van der Waals surface area contributed by atoms with E-state index < -0.39 is 0 Å². The van der Waals surface area contributed by atoms with E-state index in [1.54, 1.807) is 0 Å². The predicted octanol–water partition coefficient (Wildman–Crippen LogP) is 5.32. The molecule has 1 heterocycles. The number of hydrogen-bond acceptors (Lipinski definition) is 3. The maximum absolute atomic E-state index is 13.5. The Kier molecular flexibility index (Phi) is 7.02. The summed E-state index contributed by atoms with van der Waals surface area (Å²) in [5.74, 6) is 0.289. The third-order valence-electron chi connectivity index (χ3n) is 5.62. The summed E-state index contributed by atoms with van der Waals surface area (Å²) in [7, 11) is 0. The smallest absolute Gasteiger partial charge is 0.246 e. The number of rotatable bonds is 3. The molecule has 0 fully saturated rings. The van der Waals surface area contributed by atoms with Crippen LogP contribution in [0.25, 0.3) is 0 Å². The van der Waals surface area contributed by atoms with Crippen molar-refractivity contribution in [1.29, 1.82) is 0 Å². The monoisotopic (exact) mass is 416 g/mol. The molecule has 0 aliphatic carbocycles. The molecule has 2 N–H and O–H groups in total. The van der Waals surface area contributed by atoms with Crippen molar-refractivity contribution in [3.63, 3.8) is 0 Å². The Morgan fingerprint density at radius 3 is 2.48 bits per heavy atom. The van der Waals surface area contributed by atoms with Crippen LogP contribution < -0.4 is 5.32 Å². The molecular formula is C24H33ClN2O2. The summed E-state index contributed by atoms with van der Waals surface area (Å²) in [6.07, 6.45) is 0.965. The SMILES string of the molecule is Cc1cc(NC(=O)C2c3ccccc3CCN2CC(C)(C)C)c(C)c(C)c1O.Cl. The van der Waals surface area contributed by atoms with E-state index in [0.717, 1.165) is 47.5 Å². The fourth-order valence-corrected chi connectivity index (χ4v) is 4.10. The molecule has 1 aliphatic heterocycles. The van der Waals surface area contributed by atoms with Crippen molar-refractivity contribution in [3.8, 4) is 5.75 Å². The highest BCUT2D eigenvalue weighted by Gasteiger charge is 2.35. The number of carbonyl (C=O) groups is 1. The van der Waals surface area contributed by atoms with E-state index in [2.05, 4.69) is 43.1 Å². The molecule has 0 saturated heterocycles. The number of nitrogens with zero attached hydrogens (tertiary/aromatic N) is 1. The maximum Gasteiger partial charge on any atom is 0.246 e. The normalized spacial score (nSPS) is 16.7. The lowest BCUT2D eigenvalue weighted by atomic mass is 9.88. The zero-order valence-corrected chi connectivity index (χ0v) is 19.1. The van der Waals surface area contributed by atoms with Gasteiger partial charge in [0.15, 0.2) is 0 Å². The van der Waals surface area contributed by atoms with Crippen LogP contribution in [-0.4, -0.2) is 29.0 Å². The van der Waals surface area contributed by atoms with Gasteiger partial charge in [0, 0.05) is 18.8 Å². The third kappa shape index (κ3) is 4.93. The molecule has 1 aliphatic rings. The zero-order valence-electron chi connectivity index (χ0n) is 18.3. The Morgan fingerprint density at radius 1 is 1.17 bits per heavy atom. The number of aromatic hydroxyl groups is 1. The quantitative estimate of drug-likeness (QED) is 0.665. The number of phenols is 1. The first kappa shape index (κ1) is 23.2. The van der Waals surface area contributed by atoms with E-state index in [4.69, 9.17) is 0 Å². The van der Waals surface area contributed by atoms with Gasteiger partial charge in [0.2, 0.25) is 5.91 Å². The number of amides is 1. The van der Waals surface area contributed by atoms with Gasteiger partial charge in [-0.3, -0.25) is 9.69 Å². The summed E-state index contributed by atoms with van der Waals surface area (Å²) in [5.41, 5.74) is 5.72. The first-order chi connectivity index (χ1) is 13.1. The van der Waals surface area contributed by atoms with Gasteiger partial charge in [0.1, 0.15) is 11.8 Å². The molecule has 1 atom stereocenters. The molecule has 1 unspecified atom stereocenters.